The first-order chi connectivity index (χ1) is 14.3. The third-order valence-electron chi connectivity index (χ3n) is 4.16. The van der Waals surface area contributed by atoms with Gasteiger partial charge in [0.05, 0.1) is 17.2 Å². The maximum Gasteiger partial charge on any atom is 0.349 e. The number of rotatable bonds is 7. The second-order valence-corrected chi connectivity index (χ2v) is 8.98. The van der Waals surface area contributed by atoms with Gasteiger partial charge in [0.2, 0.25) is 5.88 Å². The highest BCUT2D eigenvalue weighted by Gasteiger charge is 2.21. The van der Waals surface area contributed by atoms with Crippen molar-refractivity contribution in [3.8, 4) is 11.6 Å². The van der Waals surface area contributed by atoms with Crippen LogP contribution in [0.5, 0.6) is 11.6 Å². The molecule has 3 rings (SSSR count). The van der Waals surface area contributed by atoms with Crippen molar-refractivity contribution in [1.29, 1.82) is 0 Å². The molecule has 1 aromatic heterocycles. The molecule has 0 spiro atoms. The van der Waals surface area contributed by atoms with Crippen molar-refractivity contribution in [2.45, 2.75) is 11.8 Å². The zero-order valence-electron chi connectivity index (χ0n) is 16.3. The molecule has 0 unspecified atom stereocenters. The van der Waals surface area contributed by atoms with E-state index in [1.165, 1.54) is 37.5 Å². The van der Waals surface area contributed by atoms with Crippen LogP contribution in [0.2, 0.25) is 0 Å². The van der Waals surface area contributed by atoms with Crippen LogP contribution in [0.3, 0.4) is 0 Å². The van der Waals surface area contributed by atoms with Gasteiger partial charge in [-0.3, -0.25) is 4.31 Å². The quantitative estimate of drug-likeness (QED) is 0.362. The lowest BCUT2D eigenvalue weighted by Gasteiger charge is -2.20. The summed E-state index contributed by atoms with van der Waals surface area (Å²) in [6.45, 7) is 2.16. The van der Waals surface area contributed by atoms with Gasteiger partial charge in [-0.15, -0.1) is 0 Å². The van der Waals surface area contributed by atoms with E-state index < -0.39 is 16.0 Å². The van der Waals surface area contributed by atoms with Crippen molar-refractivity contribution in [3.05, 3.63) is 76.9 Å². The molecule has 0 amide bonds. The first-order valence-electron chi connectivity index (χ1n) is 8.97. The molecular formula is C21H19BrN2O5S. The van der Waals surface area contributed by atoms with Gasteiger partial charge in [-0.05, 0) is 67.6 Å². The van der Waals surface area contributed by atoms with Crippen LogP contribution >= 0.6 is 15.9 Å². The molecule has 0 aliphatic carbocycles. The van der Waals surface area contributed by atoms with E-state index >= 15 is 0 Å². The zero-order valence-corrected chi connectivity index (χ0v) is 18.7. The molecule has 0 atom stereocenters. The van der Waals surface area contributed by atoms with Crippen LogP contribution in [0.15, 0.2) is 76.2 Å². The number of anilines is 1. The zero-order chi connectivity index (χ0) is 21.7. The van der Waals surface area contributed by atoms with Gasteiger partial charge in [0.25, 0.3) is 10.0 Å². The average Bonchev–Trinajstić information content (AvgIpc) is 2.74. The number of nitrogens with zero attached hydrogens (tertiary/aromatic N) is 2. The Balaban J connectivity index is 1.76. The Labute approximate surface area is 183 Å². The molecule has 0 saturated heterocycles. The number of hydrogen-bond acceptors (Lipinski definition) is 6. The summed E-state index contributed by atoms with van der Waals surface area (Å²) in [5.41, 5.74) is 0.632. The highest BCUT2D eigenvalue weighted by molar-refractivity contribution is 9.10. The van der Waals surface area contributed by atoms with E-state index in [1.807, 2.05) is 0 Å². The third-order valence-corrected chi connectivity index (χ3v) is 6.48. The second-order valence-electron chi connectivity index (χ2n) is 6.10. The van der Waals surface area contributed by atoms with Gasteiger partial charge < -0.3 is 9.47 Å². The van der Waals surface area contributed by atoms with Crippen molar-refractivity contribution in [3.63, 3.8) is 0 Å². The molecular weight excluding hydrogens is 472 g/mol. The lowest BCUT2D eigenvalue weighted by molar-refractivity contribution is 0.0729. The lowest BCUT2D eigenvalue weighted by Crippen LogP contribution is -2.26. The predicted octanol–water partition coefficient (Wildman–Crippen LogP) is 4.29. The average molecular weight is 491 g/mol. The number of benzene rings is 2. The van der Waals surface area contributed by atoms with Crippen molar-refractivity contribution in [2.24, 2.45) is 0 Å². The second kappa shape index (κ2) is 9.27. The Morgan fingerprint density at radius 3 is 2.37 bits per heavy atom. The molecule has 7 nitrogen and oxygen atoms in total. The maximum absolute atomic E-state index is 12.8. The van der Waals surface area contributed by atoms with Gasteiger partial charge in [-0.1, -0.05) is 15.9 Å². The maximum atomic E-state index is 12.8. The molecule has 3 aromatic rings. The summed E-state index contributed by atoms with van der Waals surface area (Å²) >= 11 is 3.29. The molecule has 2 aromatic carbocycles. The summed E-state index contributed by atoms with van der Waals surface area (Å²) in [5, 5.41) is 0. The summed E-state index contributed by atoms with van der Waals surface area (Å²) in [7, 11) is -2.26. The summed E-state index contributed by atoms with van der Waals surface area (Å²) in [6.07, 6.45) is 1.53. The van der Waals surface area contributed by atoms with Crippen LogP contribution in [0.4, 0.5) is 5.69 Å². The molecule has 0 radical (unpaired) electrons. The summed E-state index contributed by atoms with van der Waals surface area (Å²) in [5.74, 6) is -0.151. The normalized spacial score (nSPS) is 11.0. The van der Waals surface area contributed by atoms with Gasteiger partial charge in [0.15, 0.2) is 0 Å². The Bertz CT molecular complexity index is 1130. The van der Waals surface area contributed by atoms with Crippen LogP contribution < -0.4 is 13.8 Å². The van der Waals surface area contributed by atoms with E-state index in [0.717, 1.165) is 8.78 Å². The molecule has 0 aliphatic heterocycles. The monoisotopic (exact) mass is 490 g/mol. The van der Waals surface area contributed by atoms with Crippen LogP contribution in [-0.4, -0.2) is 33.0 Å². The molecule has 1 heterocycles. The fraction of sp³-hybridized carbons (Fsp3) is 0.143. The molecule has 156 valence electrons. The van der Waals surface area contributed by atoms with Crippen LogP contribution in [0.1, 0.15) is 17.3 Å². The van der Waals surface area contributed by atoms with Gasteiger partial charge >= 0.3 is 5.97 Å². The largest absolute Gasteiger partial charge is 0.477 e. The number of hydrogen-bond donors (Lipinski definition) is 0. The van der Waals surface area contributed by atoms with Crippen LogP contribution in [0.25, 0.3) is 0 Å². The van der Waals surface area contributed by atoms with Gasteiger partial charge in [0, 0.05) is 17.7 Å². The van der Waals surface area contributed by atoms with Crippen LogP contribution in [-0.2, 0) is 10.0 Å². The minimum atomic E-state index is -3.72. The molecule has 0 saturated carbocycles. The van der Waals surface area contributed by atoms with E-state index in [0.29, 0.717) is 12.3 Å². The Morgan fingerprint density at radius 2 is 1.73 bits per heavy atom. The number of halogens is 1. The van der Waals surface area contributed by atoms with E-state index in [1.54, 1.807) is 43.3 Å². The number of pyridine rings is 1. The molecule has 0 fully saturated rings. The Kier molecular flexibility index (Phi) is 6.73. The fourth-order valence-electron chi connectivity index (χ4n) is 2.59. The van der Waals surface area contributed by atoms with Gasteiger partial charge in [-0.2, -0.15) is 0 Å². The number of carbonyl (C=O) groups excluding carboxylic acids is 1. The SMILES string of the molecule is CCOc1ncccc1C(=O)Oc1ccc(N(C)S(=O)(=O)c2ccc(Br)cc2)cc1. The highest BCUT2D eigenvalue weighted by Crippen LogP contribution is 2.26. The summed E-state index contributed by atoms with van der Waals surface area (Å²) in [6, 6.07) is 15.7. The molecule has 9 heteroatoms. The summed E-state index contributed by atoms with van der Waals surface area (Å²) < 4.78 is 38.3. The first kappa shape index (κ1) is 21.8. The topological polar surface area (TPSA) is 85.8 Å². The number of sulfonamides is 1. The van der Waals surface area contributed by atoms with Crippen LogP contribution in [0, 0.1) is 0 Å². The molecule has 0 bridgehead atoms. The van der Waals surface area contributed by atoms with E-state index in [9.17, 15) is 13.2 Å². The van der Waals surface area contributed by atoms with Gasteiger partial charge in [0.1, 0.15) is 11.3 Å². The van der Waals surface area contributed by atoms with Crippen molar-refractivity contribution in [1.82, 2.24) is 4.98 Å². The van der Waals surface area contributed by atoms with E-state index in [-0.39, 0.29) is 22.1 Å². The minimum Gasteiger partial charge on any atom is -0.477 e. The van der Waals surface area contributed by atoms with Crippen molar-refractivity contribution >= 4 is 37.6 Å². The molecule has 0 N–H and O–H groups in total. The predicted molar refractivity (Wildman–Crippen MR) is 117 cm³/mol. The number of aromatic nitrogens is 1. The lowest BCUT2D eigenvalue weighted by atomic mass is 10.2. The first-order valence-corrected chi connectivity index (χ1v) is 11.2. The number of carbonyl (C=O) groups is 1. The Hall–Kier alpha value is -2.91. The molecule has 30 heavy (non-hydrogen) atoms. The van der Waals surface area contributed by atoms with Crippen molar-refractivity contribution in [2.75, 3.05) is 18.0 Å². The number of ether oxygens (including phenoxy) is 2. The third kappa shape index (κ3) is 4.80. The standard InChI is InChI=1S/C21H19BrN2O5S/c1-3-28-20-19(5-4-14-23-20)21(25)29-17-10-8-16(9-11-17)24(2)30(26,27)18-12-6-15(22)7-13-18/h4-14H,3H2,1-2H3. The highest BCUT2D eigenvalue weighted by atomic mass is 79.9. The van der Waals surface area contributed by atoms with E-state index in [2.05, 4.69) is 20.9 Å². The smallest absolute Gasteiger partial charge is 0.349 e. The van der Waals surface area contributed by atoms with Crippen molar-refractivity contribution < 1.29 is 22.7 Å². The minimum absolute atomic E-state index is 0.170. The van der Waals surface area contributed by atoms with Gasteiger partial charge in [-0.25, -0.2) is 18.2 Å². The molecule has 0 aliphatic rings. The Morgan fingerprint density at radius 1 is 1.07 bits per heavy atom. The summed E-state index contributed by atoms with van der Waals surface area (Å²) in [4.78, 5) is 16.6. The fourth-order valence-corrected chi connectivity index (χ4v) is 4.05. The van der Waals surface area contributed by atoms with E-state index in [4.69, 9.17) is 9.47 Å². The number of esters is 1.